The average Bonchev–Trinajstić information content (AvgIpc) is 2.81. The summed E-state index contributed by atoms with van der Waals surface area (Å²) >= 11 is 0. The second-order valence-electron chi connectivity index (χ2n) is 3.10. The molecule has 0 unspecified atom stereocenters. The molecular weight excluding hydrogens is 190 g/mol. The third-order valence-electron chi connectivity index (χ3n) is 2.18. The zero-order valence-electron chi connectivity index (χ0n) is 8.38. The lowest BCUT2D eigenvalue weighted by Crippen LogP contribution is -2.10. The number of carbonyl (C=O) groups is 1. The Bertz CT molecular complexity index is 460. The highest BCUT2D eigenvalue weighted by molar-refractivity contribution is 5.98. The van der Waals surface area contributed by atoms with Crippen LogP contribution in [0.25, 0.3) is 0 Å². The zero-order chi connectivity index (χ0) is 10.7. The predicted octanol–water partition coefficient (Wildman–Crippen LogP) is 2.19. The van der Waals surface area contributed by atoms with E-state index in [1.165, 1.54) is 4.57 Å². The molecule has 3 nitrogen and oxygen atoms in total. The lowest BCUT2D eigenvalue weighted by atomic mass is 10.2. The quantitative estimate of drug-likeness (QED) is 0.745. The minimum absolute atomic E-state index is 0.0857. The molecular formula is C12H11NO2. The van der Waals surface area contributed by atoms with Crippen molar-refractivity contribution < 1.29 is 9.53 Å². The van der Waals surface area contributed by atoms with Crippen molar-refractivity contribution in [1.82, 2.24) is 4.57 Å². The van der Waals surface area contributed by atoms with E-state index in [4.69, 9.17) is 4.74 Å². The van der Waals surface area contributed by atoms with Crippen LogP contribution in [-0.2, 0) is 0 Å². The zero-order valence-corrected chi connectivity index (χ0v) is 8.38. The van der Waals surface area contributed by atoms with E-state index in [1.54, 1.807) is 31.6 Å². The molecule has 15 heavy (non-hydrogen) atoms. The predicted molar refractivity (Wildman–Crippen MR) is 57.2 cm³/mol. The molecule has 1 heterocycles. The van der Waals surface area contributed by atoms with Crippen molar-refractivity contribution in [1.29, 1.82) is 0 Å². The van der Waals surface area contributed by atoms with Gasteiger partial charge in [0.1, 0.15) is 5.75 Å². The van der Waals surface area contributed by atoms with Crippen LogP contribution in [0.1, 0.15) is 10.4 Å². The standard InChI is InChI=1S/C12H11NO2/c1-15-11-7-3-2-6-10(11)12(14)13-8-4-5-9-13/h2-9H,1H3. The first-order valence-corrected chi connectivity index (χ1v) is 4.63. The van der Waals surface area contributed by atoms with E-state index in [-0.39, 0.29) is 5.91 Å². The van der Waals surface area contributed by atoms with Gasteiger partial charge in [-0.25, -0.2) is 0 Å². The lowest BCUT2D eigenvalue weighted by molar-refractivity contribution is 0.0957. The van der Waals surface area contributed by atoms with Crippen molar-refractivity contribution in [2.75, 3.05) is 7.11 Å². The van der Waals surface area contributed by atoms with Crippen LogP contribution in [0.2, 0.25) is 0 Å². The molecule has 0 atom stereocenters. The first-order chi connectivity index (χ1) is 7.33. The summed E-state index contributed by atoms with van der Waals surface area (Å²) in [6, 6.07) is 10.8. The fraction of sp³-hybridized carbons (Fsp3) is 0.0833. The van der Waals surface area contributed by atoms with Gasteiger partial charge in [-0.1, -0.05) is 12.1 Å². The highest BCUT2D eigenvalue weighted by atomic mass is 16.5. The molecule has 1 aromatic carbocycles. The van der Waals surface area contributed by atoms with Crippen molar-refractivity contribution in [2.45, 2.75) is 0 Å². The highest BCUT2D eigenvalue weighted by Gasteiger charge is 2.11. The van der Waals surface area contributed by atoms with Crippen LogP contribution in [0.5, 0.6) is 5.75 Å². The molecule has 0 saturated heterocycles. The van der Waals surface area contributed by atoms with Gasteiger partial charge in [-0.2, -0.15) is 0 Å². The molecule has 0 spiro atoms. The monoisotopic (exact) mass is 201 g/mol. The molecule has 0 fully saturated rings. The van der Waals surface area contributed by atoms with Crippen LogP contribution < -0.4 is 4.74 Å². The average molecular weight is 201 g/mol. The number of para-hydroxylation sites is 1. The Morgan fingerprint density at radius 3 is 2.47 bits per heavy atom. The van der Waals surface area contributed by atoms with Gasteiger partial charge in [0.2, 0.25) is 0 Å². The van der Waals surface area contributed by atoms with Crippen molar-refractivity contribution in [3.63, 3.8) is 0 Å². The second-order valence-corrected chi connectivity index (χ2v) is 3.10. The Morgan fingerprint density at radius 2 is 1.80 bits per heavy atom. The second kappa shape index (κ2) is 4.00. The third kappa shape index (κ3) is 1.76. The van der Waals surface area contributed by atoms with E-state index >= 15 is 0 Å². The van der Waals surface area contributed by atoms with Crippen LogP contribution in [0.3, 0.4) is 0 Å². The summed E-state index contributed by atoms with van der Waals surface area (Å²) in [6.07, 6.45) is 3.43. The molecule has 3 heteroatoms. The Hall–Kier alpha value is -2.03. The number of hydrogen-bond donors (Lipinski definition) is 0. The van der Waals surface area contributed by atoms with Crippen LogP contribution >= 0.6 is 0 Å². The molecule has 0 amide bonds. The maximum absolute atomic E-state index is 12.0. The summed E-state index contributed by atoms with van der Waals surface area (Å²) in [5, 5.41) is 0. The number of aromatic nitrogens is 1. The Kier molecular flexibility index (Phi) is 2.54. The van der Waals surface area contributed by atoms with Crippen molar-refractivity contribution in [3.05, 3.63) is 54.4 Å². The minimum Gasteiger partial charge on any atom is -0.496 e. The Labute approximate surface area is 87.9 Å². The van der Waals surface area contributed by atoms with Gasteiger partial charge in [-0.3, -0.25) is 9.36 Å². The molecule has 0 aliphatic carbocycles. The Balaban J connectivity index is 2.42. The first kappa shape index (κ1) is 9.52. The van der Waals surface area contributed by atoms with E-state index in [1.807, 2.05) is 24.3 Å². The lowest BCUT2D eigenvalue weighted by Gasteiger charge is -2.07. The summed E-state index contributed by atoms with van der Waals surface area (Å²) in [7, 11) is 1.56. The van der Waals surface area contributed by atoms with Crippen molar-refractivity contribution in [3.8, 4) is 5.75 Å². The third-order valence-corrected chi connectivity index (χ3v) is 2.18. The van der Waals surface area contributed by atoms with Gasteiger partial charge in [0, 0.05) is 12.4 Å². The fourth-order valence-corrected chi connectivity index (χ4v) is 1.43. The number of methoxy groups -OCH3 is 1. The molecule has 0 aliphatic rings. The van der Waals surface area contributed by atoms with Gasteiger partial charge in [0.05, 0.1) is 12.7 Å². The summed E-state index contributed by atoms with van der Waals surface area (Å²) in [5.74, 6) is 0.508. The highest BCUT2D eigenvalue weighted by Crippen LogP contribution is 2.18. The van der Waals surface area contributed by atoms with Gasteiger partial charge in [-0.05, 0) is 24.3 Å². The van der Waals surface area contributed by atoms with Gasteiger partial charge >= 0.3 is 0 Å². The number of hydrogen-bond acceptors (Lipinski definition) is 2. The number of rotatable bonds is 2. The molecule has 0 radical (unpaired) electrons. The van der Waals surface area contributed by atoms with Crippen LogP contribution in [0.15, 0.2) is 48.8 Å². The number of carbonyl (C=O) groups excluding carboxylic acids is 1. The van der Waals surface area contributed by atoms with Crippen LogP contribution in [0.4, 0.5) is 0 Å². The van der Waals surface area contributed by atoms with E-state index in [2.05, 4.69) is 0 Å². The molecule has 0 bridgehead atoms. The molecule has 76 valence electrons. The number of nitrogens with zero attached hydrogens (tertiary/aromatic N) is 1. The smallest absolute Gasteiger partial charge is 0.265 e. The number of ether oxygens (including phenoxy) is 1. The van der Waals surface area contributed by atoms with E-state index in [9.17, 15) is 4.79 Å². The molecule has 2 aromatic rings. The topological polar surface area (TPSA) is 31.2 Å². The summed E-state index contributed by atoms with van der Waals surface area (Å²) in [5.41, 5.74) is 0.566. The Morgan fingerprint density at radius 1 is 1.13 bits per heavy atom. The molecule has 2 rings (SSSR count). The largest absolute Gasteiger partial charge is 0.496 e. The van der Waals surface area contributed by atoms with E-state index < -0.39 is 0 Å². The van der Waals surface area contributed by atoms with Gasteiger partial charge in [-0.15, -0.1) is 0 Å². The van der Waals surface area contributed by atoms with Crippen molar-refractivity contribution >= 4 is 5.91 Å². The SMILES string of the molecule is COc1ccccc1C(=O)n1cccc1. The molecule has 0 aliphatic heterocycles. The molecule has 0 saturated carbocycles. The molecule has 0 N–H and O–H groups in total. The van der Waals surface area contributed by atoms with E-state index in [0.29, 0.717) is 11.3 Å². The fourth-order valence-electron chi connectivity index (χ4n) is 1.43. The van der Waals surface area contributed by atoms with Gasteiger partial charge in [0.15, 0.2) is 0 Å². The maximum atomic E-state index is 12.0. The van der Waals surface area contributed by atoms with Gasteiger partial charge in [0.25, 0.3) is 5.91 Å². The normalized spacial score (nSPS) is 9.93. The first-order valence-electron chi connectivity index (χ1n) is 4.63. The van der Waals surface area contributed by atoms with Crippen LogP contribution in [0, 0.1) is 0 Å². The number of benzene rings is 1. The van der Waals surface area contributed by atoms with Crippen molar-refractivity contribution in [2.24, 2.45) is 0 Å². The van der Waals surface area contributed by atoms with Crippen LogP contribution in [-0.4, -0.2) is 17.6 Å². The minimum atomic E-state index is -0.0857. The summed E-state index contributed by atoms with van der Waals surface area (Å²) in [4.78, 5) is 12.0. The van der Waals surface area contributed by atoms with Gasteiger partial charge < -0.3 is 4.74 Å². The summed E-state index contributed by atoms with van der Waals surface area (Å²) in [6.45, 7) is 0. The molecule has 1 aromatic heterocycles. The van der Waals surface area contributed by atoms with E-state index in [0.717, 1.165) is 0 Å². The maximum Gasteiger partial charge on any atom is 0.265 e. The summed E-state index contributed by atoms with van der Waals surface area (Å²) < 4.78 is 6.66.